The van der Waals surface area contributed by atoms with Crippen LogP contribution < -0.4 is 5.32 Å². The summed E-state index contributed by atoms with van der Waals surface area (Å²) in [7, 11) is 0. The molecule has 0 saturated heterocycles. The maximum Gasteiger partial charge on any atom is 0.203 e. The van der Waals surface area contributed by atoms with E-state index in [9.17, 15) is 0 Å². The smallest absolute Gasteiger partial charge is 0.203 e. The molecule has 1 atom stereocenters. The Balaban J connectivity index is 1.97. The molecule has 1 saturated carbocycles. The number of thioether (sulfide) groups is 1. The molecule has 2 rings (SSSR count). The van der Waals surface area contributed by atoms with Crippen molar-refractivity contribution in [3.63, 3.8) is 0 Å². The highest BCUT2D eigenvalue weighted by molar-refractivity contribution is 7.98. The summed E-state index contributed by atoms with van der Waals surface area (Å²) in [6, 6.07) is 1.20. The SMILES string of the molecule is CSCC(C)Nc1nccn1C1CC1. The molecule has 1 N–H and O–H groups in total. The Hall–Kier alpha value is -0.640. The maximum absolute atomic E-state index is 4.34. The van der Waals surface area contributed by atoms with Gasteiger partial charge in [-0.15, -0.1) is 0 Å². The van der Waals surface area contributed by atoms with Gasteiger partial charge in [0.2, 0.25) is 5.95 Å². The van der Waals surface area contributed by atoms with Crippen LogP contribution in [-0.2, 0) is 0 Å². The van der Waals surface area contributed by atoms with Gasteiger partial charge < -0.3 is 9.88 Å². The third kappa shape index (κ3) is 2.23. The lowest BCUT2D eigenvalue weighted by atomic mass is 10.4. The highest BCUT2D eigenvalue weighted by atomic mass is 32.2. The van der Waals surface area contributed by atoms with E-state index >= 15 is 0 Å². The van der Waals surface area contributed by atoms with Crippen molar-refractivity contribution in [2.24, 2.45) is 0 Å². The Kier molecular flexibility index (Phi) is 3.01. The van der Waals surface area contributed by atoms with Crippen LogP contribution in [-0.4, -0.2) is 27.6 Å². The fourth-order valence-corrected chi connectivity index (χ4v) is 2.17. The van der Waals surface area contributed by atoms with Crippen molar-refractivity contribution in [3.05, 3.63) is 12.4 Å². The predicted molar refractivity (Wildman–Crippen MR) is 62.0 cm³/mol. The molecule has 1 aromatic rings. The van der Waals surface area contributed by atoms with Gasteiger partial charge in [-0.2, -0.15) is 11.8 Å². The minimum absolute atomic E-state index is 0.491. The standard InChI is InChI=1S/C10H17N3S/c1-8(7-14-2)12-10-11-5-6-13(10)9-3-4-9/h5-6,8-9H,3-4,7H2,1-2H3,(H,11,12). The molecule has 14 heavy (non-hydrogen) atoms. The average Bonchev–Trinajstić information content (AvgIpc) is 2.89. The van der Waals surface area contributed by atoms with E-state index in [1.807, 2.05) is 18.0 Å². The fourth-order valence-electron chi connectivity index (χ4n) is 1.58. The maximum atomic E-state index is 4.34. The van der Waals surface area contributed by atoms with E-state index in [2.05, 4.69) is 34.2 Å². The molecular formula is C10H17N3S. The van der Waals surface area contributed by atoms with Crippen LogP contribution in [0.2, 0.25) is 0 Å². The second-order valence-electron chi connectivity index (χ2n) is 3.89. The van der Waals surface area contributed by atoms with Gasteiger partial charge in [0.1, 0.15) is 0 Å². The average molecular weight is 211 g/mol. The molecule has 0 aliphatic heterocycles. The van der Waals surface area contributed by atoms with Crippen LogP contribution in [0.1, 0.15) is 25.8 Å². The molecule has 1 unspecified atom stereocenters. The van der Waals surface area contributed by atoms with Gasteiger partial charge in [0.15, 0.2) is 0 Å². The van der Waals surface area contributed by atoms with E-state index in [1.165, 1.54) is 12.8 Å². The molecule has 1 aromatic heterocycles. The van der Waals surface area contributed by atoms with E-state index in [0.29, 0.717) is 12.1 Å². The largest absolute Gasteiger partial charge is 0.352 e. The van der Waals surface area contributed by atoms with Crippen LogP contribution in [0.4, 0.5) is 5.95 Å². The monoisotopic (exact) mass is 211 g/mol. The van der Waals surface area contributed by atoms with Crippen LogP contribution in [0.5, 0.6) is 0 Å². The molecule has 3 nitrogen and oxygen atoms in total. The predicted octanol–water partition coefficient (Wildman–Crippen LogP) is 2.38. The van der Waals surface area contributed by atoms with E-state index < -0.39 is 0 Å². The summed E-state index contributed by atoms with van der Waals surface area (Å²) >= 11 is 1.86. The highest BCUT2D eigenvalue weighted by Gasteiger charge is 2.25. The quantitative estimate of drug-likeness (QED) is 0.811. The molecule has 1 fully saturated rings. The zero-order valence-electron chi connectivity index (χ0n) is 8.73. The molecule has 1 heterocycles. The Morgan fingerprint density at radius 1 is 1.71 bits per heavy atom. The van der Waals surface area contributed by atoms with E-state index in [1.54, 1.807) is 0 Å². The van der Waals surface area contributed by atoms with Gasteiger partial charge in [0.25, 0.3) is 0 Å². The summed E-state index contributed by atoms with van der Waals surface area (Å²) in [6.45, 7) is 2.20. The van der Waals surface area contributed by atoms with Crippen LogP contribution in [0, 0.1) is 0 Å². The molecule has 0 bridgehead atoms. The first-order valence-electron chi connectivity index (χ1n) is 5.09. The number of anilines is 1. The Morgan fingerprint density at radius 3 is 3.14 bits per heavy atom. The highest BCUT2D eigenvalue weighted by Crippen LogP contribution is 2.36. The number of aromatic nitrogens is 2. The summed E-state index contributed by atoms with van der Waals surface area (Å²) < 4.78 is 2.26. The summed E-state index contributed by atoms with van der Waals surface area (Å²) in [5, 5.41) is 3.44. The number of rotatable bonds is 5. The Morgan fingerprint density at radius 2 is 2.50 bits per heavy atom. The lowest BCUT2D eigenvalue weighted by Crippen LogP contribution is -2.20. The van der Waals surface area contributed by atoms with Gasteiger partial charge in [0.05, 0.1) is 0 Å². The molecule has 78 valence electrons. The van der Waals surface area contributed by atoms with Gasteiger partial charge >= 0.3 is 0 Å². The molecule has 0 spiro atoms. The zero-order valence-corrected chi connectivity index (χ0v) is 9.55. The number of imidazole rings is 1. The first-order chi connectivity index (χ1) is 6.81. The van der Waals surface area contributed by atoms with Gasteiger partial charge in [-0.1, -0.05) is 0 Å². The van der Waals surface area contributed by atoms with E-state index in [4.69, 9.17) is 0 Å². The van der Waals surface area contributed by atoms with Gasteiger partial charge in [-0.3, -0.25) is 0 Å². The third-order valence-corrected chi connectivity index (χ3v) is 3.23. The second-order valence-corrected chi connectivity index (χ2v) is 4.80. The Bertz CT molecular complexity index is 293. The first-order valence-corrected chi connectivity index (χ1v) is 6.49. The van der Waals surface area contributed by atoms with Crippen molar-refractivity contribution in [1.82, 2.24) is 9.55 Å². The van der Waals surface area contributed by atoms with Crippen molar-refractivity contribution in [2.45, 2.75) is 31.8 Å². The van der Waals surface area contributed by atoms with Gasteiger partial charge in [0, 0.05) is 30.2 Å². The van der Waals surface area contributed by atoms with Crippen LogP contribution in [0.3, 0.4) is 0 Å². The minimum Gasteiger partial charge on any atom is -0.352 e. The zero-order chi connectivity index (χ0) is 9.97. The molecule has 0 aromatic carbocycles. The summed E-state index contributed by atoms with van der Waals surface area (Å²) in [6.07, 6.45) is 8.70. The number of nitrogens with zero attached hydrogens (tertiary/aromatic N) is 2. The molecule has 0 radical (unpaired) electrons. The molecule has 0 amide bonds. The van der Waals surface area contributed by atoms with Crippen molar-refractivity contribution in [1.29, 1.82) is 0 Å². The fraction of sp³-hybridized carbons (Fsp3) is 0.700. The lowest BCUT2D eigenvalue weighted by molar-refractivity contribution is 0.731. The molecule has 1 aliphatic rings. The van der Waals surface area contributed by atoms with Gasteiger partial charge in [-0.05, 0) is 26.0 Å². The molecule has 1 aliphatic carbocycles. The summed E-state index contributed by atoms with van der Waals surface area (Å²) in [4.78, 5) is 4.34. The topological polar surface area (TPSA) is 29.9 Å². The van der Waals surface area contributed by atoms with Crippen LogP contribution >= 0.6 is 11.8 Å². The number of hydrogen-bond acceptors (Lipinski definition) is 3. The van der Waals surface area contributed by atoms with Crippen molar-refractivity contribution in [3.8, 4) is 0 Å². The van der Waals surface area contributed by atoms with Crippen LogP contribution in [0.25, 0.3) is 0 Å². The number of nitrogens with one attached hydrogen (secondary N) is 1. The second kappa shape index (κ2) is 4.26. The summed E-state index contributed by atoms with van der Waals surface area (Å²) in [5.74, 6) is 2.16. The first kappa shape index (κ1) is 9.90. The van der Waals surface area contributed by atoms with Crippen molar-refractivity contribution in [2.75, 3.05) is 17.3 Å². The lowest BCUT2D eigenvalue weighted by Gasteiger charge is -2.14. The van der Waals surface area contributed by atoms with Gasteiger partial charge in [-0.25, -0.2) is 4.98 Å². The molecular weight excluding hydrogens is 194 g/mol. The Labute approximate surface area is 89.3 Å². The van der Waals surface area contributed by atoms with Crippen molar-refractivity contribution < 1.29 is 0 Å². The van der Waals surface area contributed by atoms with E-state index in [-0.39, 0.29) is 0 Å². The number of hydrogen-bond donors (Lipinski definition) is 1. The van der Waals surface area contributed by atoms with Crippen molar-refractivity contribution >= 4 is 17.7 Å². The molecule has 4 heteroatoms. The third-order valence-electron chi connectivity index (χ3n) is 2.40. The minimum atomic E-state index is 0.491. The normalized spacial score (nSPS) is 18.1. The van der Waals surface area contributed by atoms with E-state index in [0.717, 1.165) is 11.7 Å². The van der Waals surface area contributed by atoms with Crippen LogP contribution in [0.15, 0.2) is 12.4 Å². The summed E-state index contributed by atoms with van der Waals surface area (Å²) in [5.41, 5.74) is 0.